The molecule has 0 unspecified atom stereocenters. The zero-order chi connectivity index (χ0) is 18.9. The number of hydrogen-bond acceptors (Lipinski definition) is 2. The van der Waals surface area contributed by atoms with Gasteiger partial charge in [-0.25, -0.2) is 4.79 Å². The number of rotatable bonds is 4. The van der Waals surface area contributed by atoms with E-state index >= 15 is 0 Å². The van der Waals surface area contributed by atoms with Crippen LogP contribution in [0.3, 0.4) is 0 Å². The van der Waals surface area contributed by atoms with E-state index in [0.717, 1.165) is 24.8 Å². The molecule has 0 saturated carbocycles. The maximum absolute atomic E-state index is 10.8. The zero-order valence-corrected chi connectivity index (χ0v) is 15.7. The van der Waals surface area contributed by atoms with Crippen molar-refractivity contribution in [3.8, 4) is 0 Å². The summed E-state index contributed by atoms with van der Waals surface area (Å²) in [6.07, 6.45) is 8.47. The molecule has 1 heterocycles. The second-order valence-corrected chi connectivity index (χ2v) is 6.95. The number of carboxylic acid groups (broad SMARTS) is 1. The zero-order valence-electron chi connectivity index (χ0n) is 15.7. The molecule has 1 aliphatic heterocycles. The van der Waals surface area contributed by atoms with Gasteiger partial charge in [0.2, 0.25) is 0 Å². The molecule has 3 nitrogen and oxygen atoms in total. The lowest BCUT2D eigenvalue weighted by Crippen LogP contribution is -2.06. The second-order valence-electron chi connectivity index (χ2n) is 6.95. The molecule has 3 heteroatoms. The SMILES string of the molecule is C1CCNC1.O=C(O)C=CC1=C(Cc2ccccc2)c2ccccc2CC1. The molecule has 1 saturated heterocycles. The molecule has 27 heavy (non-hydrogen) atoms. The first kappa shape index (κ1) is 19.1. The Morgan fingerprint density at radius 2 is 1.67 bits per heavy atom. The summed E-state index contributed by atoms with van der Waals surface area (Å²) in [6.45, 7) is 2.50. The highest BCUT2D eigenvalue weighted by molar-refractivity contribution is 5.83. The van der Waals surface area contributed by atoms with Crippen LogP contribution in [0.2, 0.25) is 0 Å². The molecule has 2 aromatic rings. The van der Waals surface area contributed by atoms with Gasteiger partial charge in [-0.2, -0.15) is 0 Å². The van der Waals surface area contributed by atoms with Crippen molar-refractivity contribution < 1.29 is 9.90 Å². The lowest BCUT2D eigenvalue weighted by Gasteiger charge is -2.22. The van der Waals surface area contributed by atoms with Crippen LogP contribution in [0.25, 0.3) is 5.57 Å². The van der Waals surface area contributed by atoms with E-state index in [4.69, 9.17) is 5.11 Å². The van der Waals surface area contributed by atoms with Gasteiger partial charge in [0.05, 0.1) is 0 Å². The van der Waals surface area contributed by atoms with E-state index in [2.05, 4.69) is 35.6 Å². The Kier molecular flexibility index (Phi) is 7.00. The van der Waals surface area contributed by atoms with E-state index in [0.29, 0.717) is 0 Å². The predicted molar refractivity (Wildman–Crippen MR) is 111 cm³/mol. The number of aryl methyl sites for hydroxylation is 1. The van der Waals surface area contributed by atoms with Crippen molar-refractivity contribution in [1.29, 1.82) is 0 Å². The van der Waals surface area contributed by atoms with Gasteiger partial charge >= 0.3 is 5.97 Å². The summed E-state index contributed by atoms with van der Waals surface area (Å²) >= 11 is 0. The summed E-state index contributed by atoms with van der Waals surface area (Å²) in [5.74, 6) is -0.898. The van der Waals surface area contributed by atoms with Crippen molar-refractivity contribution in [2.75, 3.05) is 13.1 Å². The summed E-state index contributed by atoms with van der Waals surface area (Å²) in [5.41, 5.74) is 6.22. The van der Waals surface area contributed by atoms with Gasteiger partial charge in [0.25, 0.3) is 0 Å². The quantitative estimate of drug-likeness (QED) is 0.780. The van der Waals surface area contributed by atoms with Crippen LogP contribution < -0.4 is 5.32 Å². The predicted octanol–water partition coefficient (Wildman–Crippen LogP) is 4.64. The van der Waals surface area contributed by atoms with Gasteiger partial charge in [-0.05, 0) is 73.0 Å². The third kappa shape index (κ3) is 5.66. The molecule has 2 N–H and O–H groups in total. The molecular formula is C24H27NO2. The van der Waals surface area contributed by atoms with Gasteiger partial charge in [0.1, 0.15) is 0 Å². The summed E-state index contributed by atoms with van der Waals surface area (Å²) in [5, 5.41) is 12.1. The summed E-state index contributed by atoms with van der Waals surface area (Å²) in [6, 6.07) is 18.7. The van der Waals surface area contributed by atoms with Crippen LogP contribution in [0.5, 0.6) is 0 Å². The van der Waals surface area contributed by atoms with Crippen LogP contribution in [0.15, 0.2) is 72.3 Å². The first-order chi connectivity index (χ1) is 13.2. The summed E-state index contributed by atoms with van der Waals surface area (Å²) in [7, 11) is 0. The lowest BCUT2D eigenvalue weighted by molar-refractivity contribution is -0.131. The fourth-order valence-electron chi connectivity index (χ4n) is 3.62. The van der Waals surface area contributed by atoms with E-state index < -0.39 is 5.97 Å². The van der Waals surface area contributed by atoms with Gasteiger partial charge < -0.3 is 10.4 Å². The molecule has 1 aliphatic carbocycles. The Morgan fingerprint density at radius 3 is 2.33 bits per heavy atom. The Bertz CT molecular complexity index is 810. The molecule has 140 valence electrons. The van der Waals surface area contributed by atoms with Gasteiger partial charge in [-0.1, -0.05) is 60.7 Å². The lowest BCUT2D eigenvalue weighted by atomic mass is 9.82. The van der Waals surface area contributed by atoms with E-state index in [1.54, 1.807) is 6.08 Å². The molecule has 4 rings (SSSR count). The molecule has 0 amide bonds. The number of benzene rings is 2. The maximum atomic E-state index is 10.8. The van der Waals surface area contributed by atoms with Crippen LogP contribution in [0, 0.1) is 0 Å². The highest BCUT2D eigenvalue weighted by atomic mass is 16.4. The Morgan fingerprint density at radius 1 is 0.963 bits per heavy atom. The highest BCUT2D eigenvalue weighted by Gasteiger charge is 2.17. The topological polar surface area (TPSA) is 49.3 Å². The van der Waals surface area contributed by atoms with Crippen molar-refractivity contribution >= 4 is 11.5 Å². The summed E-state index contributed by atoms with van der Waals surface area (Å²) in [4.78, 5) is 10.8. The third-order valence-electron chi connectivity index (χ3n) is 5.00. The van der Waals surface area contributed by atoms with Crippen LogP contribution >= 0.6 is 0 Å². The van der Waals surface area contributed by atoms with Crippen LogP contribution in [0.4, 0.5) is 0 Å². The van der Waals surface area contributed by atoms with Crippen LogP contribution in [0.1, 0.15) is 36.0 Å². The molecule has 0 aromatic heterocycles. The number of fused-ring (bicyclic) bond motifs is 1. The summed E-state index contributed by atoms with van der Waals surface area (Å²) < 4.78 is 0. The number of nitrogens with one attached hydrogen (secondary N) is 1. The number of allylic oxidation sites excluding steroid dienone is 3. The minimum absolute atomic E-state index is 0.831. The average Bonchev–Trinajstić information content (AvgIpc) is 3.28. The molecule has 0 bridgehead atoms. The van der Waals surface area contributed by atoms with Crippen molar-refractivity contribution in [2.45, 2.75) is 32.1 Å². The normalized spacial score (nSPS) is 16.0. The monoisotopic (exact) mass is 361 g/mol. The van der Waals surface area contributed by atoms with Crippen molar-refractivity contribution in [3.05, 3.63) is 89.0 Å². The number of aliphatic carboxylic acids is 1. The number of carboxylic acids is 1. The highest BCUT2D eigenvalue weighted by Crippen LogP contribution is 2.34. The van der Waals surface area contributed by atoms with Crippen LogP contribution in [-0.4, -0.2) is 24.2 Å². The van der Waals surface area contributed by atoms with Gasteiger partial charge in [0.15, 0.2) is 0 Å². The van der Waals surface area contributed by atoms with Gasteiger partial charge in [-0.3, -0.25) is 0 Å². The molecule has 1 fully saturated rings. The molecular weight excluding hydrogens is 334 g/mol. The van der Waals surface area contributed by atoms with Gasteiger partial charge in [0, 0.05) is 6.08 Å². The van der Waals surface area contributed by atoms with Crippen molar-refractivity contribution in [1.82, 2.24) is 5.32 Å². The maximum Gasteiger partial charge on any atom is 0.328 e. The van der Waals surface area contributed by atoms with E-state index in [9.17, 15) is 4.79 Å². The fraction of sp³-hybridized carbons (Fsp3) is 0.292. The minimum atomic E-state index is -0.898. The molecule has 0 spiro atoms. The molecule has 0 atom stereocenters. The standard InChI is InChI=1S/C20H18O2.C4H9N/c21-20(22)13-12-17-11-10-16-8-4-5-9-18(16)19(17)14-15-6-2-1-3-7-15;1-2-4-5-3-1/h1-9,12-13H,10-11,14H2,(H,21,22);5H,1-4H2. The second kappa shape index (κ2) is 9.89. The molecule has 2 aliphatic rings. The van der Waals surface area contributed by atoms with Crippen LogP contribution in [-0.2, 0) is 17.6 Å². The fourth-order valence-corrected chi connectivity index (χ4v) is 3.62. The first-order valence-corrected chi connectivity index (χ1v) is 9.70. The number of carbonyl (C=O) groups is 1. The average molecular weight is 361 g/mol. The molecule has 0 radical (unpaired) electrons. The Hall–Kier alpha value is -2.65. The van der Waals surface area contributed by atoms with E-state index in [1.165, 1.54) is 54.3 Å². The van der Waals surface area contributed by atoms with Gasteiger partial charge in [-0.15, -0.1) is 0 Å². The molecule has 2 aromatic carbocycles. The first-order valence-electron chi connectivity index (χ1n) is 9.70. The largest absolute Gasteiger partial charge is 0.478 e. The number of hydrogen-bond donors (Lipinski definition) is 2. The minimum Gasteiger partial charge on any atom is -0.478 e. The smallest absolute Gasteiger partial charge is 0.328 e. The van der Waals surface area contributed by atoms with Crippen molar-refractivity contribution in [3.63, 3.8) is 0 Å². The third-order valence-corrected chi connectivity index (χ3v) is 5.00. The van der Waals surface area contributed by atoms with Crippen molar-refractivity contribution in [2.24, 2.45) is 0 Å². The Balaban J connectivity index is 0.000000364. The van der Waals surface area contributed by atoms with E-state index in [1.807, 2.05) is 24.3 Å². The van der Waals surface area contributed by atoms with E-state index in [-0.39, 0.29) is 0 Å². The Labute approximate surface area is 161 Å².